The summed E-state index contributed by atoms with van der Waals surface area (Å²) in [5.41, 5.74) is -0.0344. The molecule has 0 radical (unpaired) electrons. The van der Waals surface area contributed by atoms with E-state index in [-0.39, 0.29) is 23.0 Å². The van der Waals surface area contributed by atoms with Crippen LogP contribution in [0.2, 0.25) is 5.02 Å². The summed E-state index contributed by atoms with van der Waals surface area (Å²) in [7, 11) is 0. The van der Waals surface area contributed by atoms with Gasteiger partial charge in [0, 0.05) is 19.2 Å². The summed E-state index contributed by atoms with van der Waals surface area (Å²) in [5, 5.41) is 4.47. The molecule has 19 heavy (non-hydrogen) atoms. The molecule has 1 aliphatic heterocycles. The fourth-order valence-corrected chi connectivity index (χ4v) is 2.40. The minimum atomic E-state index is -0.523. The Morgan fingerprint density at radius 1 is 1.42 bits per heavy atom. The SMILES string of the molecule is O=c1n(Cc2ncc(Cl)cc2F)nc2n1CCCC2. The van der Waals surface area contributed by atoms with Gasteiger partial charge in [-0.3, -0.25) is 9.55 Å². The van der Waals surface area contributed by atoms with Crippen molar-refractivity contribution in [3.05, 3.63) is 45.1 Å². The van der Waals surface area contributed by atoms with Crippen molar-refractivity contribution in [2.45, 2.75) is 32.4 Å². The van der Waals surface area contributed by atoms with Gasteiger partial charge in [0.25, 0.3) is 0 Å². The highest BCUT2D eigenvalue weighted by molar-refractivity contribution is 6.30. The Morgan fingerprint density at radius 2 is 2.26 bits per heavy atom. The van der Waals surface area contributed by atoms with Crippen LogP contribution in [0, 0.1) is 5.82 Å². The summed E-state index contributed by atoms with van der Waals surface area (Å²) in [6.45, 7) is 0.715. The maximum atomic E-state index is 13.7. The molecule has 0 amide bonds. The van der Waals surface area contributed by atoms with Crippen LogP contribution in [0.1, 0.15) is 24.4 Å². The van der Waals surface area contributed by atoms with E-state index < -0.39 is 5.82 Å². The van der Waals surface area contributed by atoms with Gasteiger partial charge >= 0.3 is 5.69 Å². The minimum absolute atomic E-state index is 0.0296. The van der Waals surface area contributed by atoms with Gasteiger partial charge in [0.2, 0.25) is 0 Å². The van der Waals surface area contributed by atoms with Crippen LogP contribution in [0.4, 0.5) is 4.39 Å². The summed E-state index contributed by atoms with van der Waals surface area (Å²) in [5.74, 6) is 0.246. The highest BCUT2D eigenvalue weighted by atomic mass is 35.5. The summed E-state index contributed by atoms with van der Waals surface area (Å²) in [6.07, 6.45) is 4.16. The third kappa shape index (κ3) is 2.28. The fraction of sp³-hybridized carbons (Fsp3) is 0.417. The molecule has 3 rings (SSSR count). The monoisotopic (exact) mass is 282 g/mol. The van der Waals surface area contributed by atoms with Crippen LogP contribution < -0.4 is 5.69 Å². The maximum Gasteiger partial charge on any atom is 0.346 e. The van der Waals surface area contributed by atoms with E-state index >= 15 is 0 Å². The Bertz CT molecular complexity index is 679. The molecule has 0 saturated heterocycles. The van der Waals surface area contributed by atoms with Crippen molar-refractivity contribution in [2.24, 2.45) is 0 Å². The standard InChI is InChI=1S/C12H12ClFN4O/c13-8-5-9(14)10(15-6-8)7-18-12(19)17-4-2-1-3-11(17)16-18/h5-6H,1-4,7H2. The van der Waals surface area contributed by atoms with Crippen molar-refractivity contribution in [1.82, 2.24) is 19.3 Å². The predicted molar refractivity (Wildman–Crippen MR) is 67.7 cm³/mol. The van der Waals surface area contributed by atoms with E-state index in [1.165, 1.54) is 16.9 Å². The van der Waals surface area contributed by atoms with Gasteiger partial charge in [-0.1, -0.05) is 11.6 Å². The summed E-state index contributed by atoms with van der Waals surface area (Å²) in [4.78, 5) is 16.0. The first-order chi connectivity index (χ1) is 9.15. The molecule has 7 heteroatoms. The first kappa shape index (κ1) is 12.3. The molecule has 0 aromatic carbocycles. The Hall–Kier alpha value is -1.69. The molecule has 0 N–H and O–H groups in total. The average molecular weight is 283 g/mol. The third-order valence-corrected chi connectivity index (χ3v) is 3.42. The fourth-order valence-electron chi connectivity index (χ4n) is 2.25. The van der Waals surface area contributed by atoms with Gasteiger partial charge in [0.05, 0.1) is 17.3 Å². The zero-order chi connectivity index (χ0) is 13.4. The van der Waals surface area contributed by atoms with Gasteiger partial charge in [0.1, 0.15) is 11.6 Å². The molecule has 2 aromatic rings. The van der Waals surface area contributed by atoms with Crippen LogP contribution in [0.15, 0.2) is 17.1 Å². The van der Waals surface area contributed by atoms with Crippen LogP contribution in [-0.2, 0) is 19.5 Å². The number of pyridine rings is 1. The molecule has 0 aliphatic carbocycles. The Labute approximate surface area is 113 Å². The number of aryl methyl sites for hydroxylation is 1. The van der Waals surface area contributed by atoms with Gasteiger partial charge in [-0.2, -0.15) is 5.10 Å². The smallest absolute Gasteiger partial charge is 0.279 e. The molecule has 1 aliphatic rings. The zero-order valence-electron chi connectivity index (χ0n) is 10.1. The van der Waals surface area contributed by atoms with Crippen LogP contribution in [0.25, 0.3) is 0 Å². The molecule has 0 fully saturated rings. The lowest BCUT2D eigenvalue weighted by Crippen LogP contribution is -2.27. The van der Waals surface area contributed by atoms with Crippen molar-refractivity contribution < 1.29 is 4.39 Å². The molecule has 0 saturated carbocycles. The molecule has 0 atom stereocenters. The third-order valence-electron chi connectivity index (χ3n) is 3.22. The Balaban J connectivity index is 1.95. The molecular weight excluding hydrogens is 271 g/mol. The number of aromatic nitrogens is 4. The molecule has 0 bridgehead atoms. The lowest BCUT2D eigenvalue weighted by Gasteiger charge is -2.09. The van der Waals surface area contributed by atoms with Crippen molar-refractivity contribution >= 4 is 11.6 Å². The topological polar surface area (TPSA) is 52.7 Å². The van der Waals surface area contributed by atoms with Gasteiger partial charge in [-0.05, 0) is 18.9 Å². The molecule has 5 nitrogen and oxygen atoms in total. The second kappa shape index (κ2) is 4.77. The summed E-state index contributed by atoms with van der Waals surface area (Å²) < 4.78 is 16.6. The highest BCUT2D eigenvalue weighted by Gasteiger charge is 2.17. The number of rotatable bonds is 2. The molecule has 100 valence electrons. The molecule has 0 spiro atoms. The largest absolute Gasteiger partial charge is 0.346 e. The van der Waals surface area contributed by atoms with E-state index in [1.54, 1.807) is 4.57 Å². The quantitative estimate of drug-likeness (QED) is 0.841. The van der Waals surface area contributed by atoms with Crippen molar-refractivity contribution in [3.8, 4) is 0 Å². The second-order valence-corrected chi connectivity index (χ2v) is 4.98. The first-order valence-electron chi connectivity index (χ1n) is 6.11. The van der Waals surface area contributed by atoms with Crippen LogP contribution in [0.5, 0.6) is 0 Å². The first-order valence-corrected chi connectivity index (χ1v) is 6.49. The number of halogens is 2. The van der Waals surface area contributed by atoms with E-state index in [1.807, 2.05) is 0 Å². The Morgan fingerprint density at radius 3 is 3.00 bits per heavy atom. The number of nitrogens with zero attached hydrogens (tertiary/aromatic N) is 4. The predicted octanol–water partition coefficient (Wildman–Crippen LogP) is 1.62. The van der Waals surface area contributed by atoms with E-state index in [2.05, 4.69) is 10.1 Å². The molecule has 3 heterocycles. The van der Waals surface area contributed by atoms with E-state index in [4.69, 9.17) is 11.6 Å². The maximum absolute atomic E-state index is 13.7. The van der Waals surface area contributed by atoms with Gasteiger partial charge in [-0.25, -0.2) is 13.9 Å². The molecule has 0 unspecified atom stereocenters. The van der Waals surface area contributed by atoms with E-state index in [9.17, 15) is 9.18 Å². The summed E-state index contributed by atoms with van der Waals surface area (Å²) in [6, 6.07) is 1.19. The zero-order valence-corrected chi connectivity index (χ0v) is 10.9. The summed E-state index contributed by atoms with van der Waals surface area (Å²) >= 11 is 5.64. The van der Waals surface area contributed by atoms with E-state index in [0.29, 0.717) is 6.54 Å². The van der Waals surface area contributed by atoms with Crippen LogP contribution >= 0.6 is 11.6 Å². The average Bonchev–Trinajstić information content (AvgIpc) is 2.70. The molecule has 2 aromatic heterocycles. The lowest BCUT2D eigenvalue weighted by molar-refractivity contribution is 0.511. The number of hydrogen-bond donors (Lipinski definition) is 0. The minimum Gasteiger partial charge on any atom is -0.279 e. The van der Waals surface area contributed by atoms with Crippen LogP contribution in [0.3, 0.4) is 0 Å². The van der Waals surface area contributed by atoms with Crippen molar-refractivity contribution in [1.29, 1.82) is 0 Å². The second-order valence-electron chi connectivity index (χ2n) is 4.55. The van der Waals surface area contributed by atoms with Gasteiger partial charge < -0.3 is 0 Å². The Kier molecular flexibility index (Phi) is 3.10. The van der Waals surface area contributed by atoms with Gasteiger partial charge in [-0.15, -0.1) is 0 Å². The highest BCUT2D eigenvalue weighted by Crippen LogP contribution is 2.13. The van der Waals surface area contributed by atoms with Crippen LogP contribution in [-0.4, -0.2) is 19.3 Å². The molecular formula is C12H12ClFN4O. The lowest BCUT2D eigenvalue weighted by atomic mass is 10.2. The van der Waals surface area contributed by atoms with Crippen molar-refractivity contribution in [3.63, 3.8) is 0 Å². The van der Waals surface area contributed by atoms with E-state index in [0.717, 1.165) is 25.1 Å². The number of fused-ring (bicyclic) bond motifs is 1. The van der Waals surface area contributed by atoms with Gasteiger partial charge in [0.15, 0.2) is 0 Å². The normalized spacial score (nSPS) is 14.4. The van der Waals surface area contributed by atoms with Crippen molar-refractivity contribution in [2.75, 3.05) is 0 Å². The number of hydrogen-bond acceptors (Lipinski definition) is 3.